The number of amides is 3. The first kappa shape index (κ1) is 30.8. The molecule has 0 aliphatic carbocycles. The minimum Gasteiger partial charge on any atom is -0.445 e. The van der Waals surface area contributed by atoms with Crippen molar-refractivity contribution in [2.75, 3.05) is 32.7 Å². The summed E-state index contributed by atoms with van der Waals surface area (Å²) in [6.07, 6.45) is 1.91. The zero-order valence-corrected chi connectivity index (χ0v) is 25.3. The molecule has 0 bridgehead atoms. The Morgan fingerprint density at radius 1 is 0.930 bits per heavy atom. The summed E-state index contributed by atoms with van der Waals surface area (Å²) in [5.74, 6) is -0.349. The number of nitrogens with one attached hydrogen (secondary N) is 2. The predicted octanol–water partition coefficient (Wildman–Crippen LogP) is 3.93. The molecule has 3 aromatic carbocycles. The third kappa shape index (κ3) is 8.04. The lowest BCUT2D eigenvalue weighted by Crippen LogP contribution is -2.55. The molecule has 0 spiro atoms. The summed E-state index contributed by atoms with van der Waals surface area (Å²) in [5, 5.41) is 4.89. The molecule has 1 atom stereocenters. The Bertz CT molecular complexity index is 1580. The number of ether oxygens (including phenoxy) is 1. The topological polar surface area (TPSA) is 125 Å². The third-order valence-electron chi connectivity index (χ3n) is 7.95. The number of piperidine rings is 2. The summed E-state index contributed by atoms with van der Waals surface area (Å²) in [6.45, 7) is 2.02. The largest absolute Gasteiger partial charge is 0.445 e. The van der Waals surface area contributed by atoms with Gasteiger partial charge in [0.25, 0.3) is 0 Å². The van der Waals surface area contributed by atoms with Gasteiger partial charge < -0.3 is 19.9 Å². The van der Waals surface area contributed by atoms with Crippen molar-refractivity contribution in [3.05, 3.63) is 77.3 Å². The Morgan fingerprint density at radius 3 is 2.42 bits per heavy atom. The van der Waals surface area contributed by atoms with Gasteiger partial charge in [-0.05, 0) is 72.2 Å². The van der Waals surface area contributed by atoms with Crippen LogP contribution >= 0.6 is 11.6 Å². The van der Waals surface area contributed by atoms with E-state index in [0.717, 1.165) is 29.2 Å². The highest BCUT2D eigenvalue weighted by Crippen LogP contribution is 2.24. The van der Waals surface area contributed by atoms with E-state index in [-0.39, 0.29) is 29.9 Å². The van der Waals surface area contributed by atoms with E-state index in [1.807, 2.05) is 30.3 Å². The van der Waals surface area contributed by atoms with Crippen molar-refractivity contribution in [2.24, 2.45) is 5.92 Å². The smallest absolute Gasteiger partial charge is 0.407 e. The number of nitrogens with zero attached hydrogens (tertiary/aromatic N) is 2. The SMILES string of the molecule is O=C(NCC1CCN(C(=O)CN2CCCC(NS(=O)(=O)c3ccc4cc(Cl)ccc4c3)C2=O)CC1)OCc1ccccc1. The van der Waals surface area contributed by atoms with Crippen LogP contribution in [0.5, 0.6) is 0 Å². The number of benzene rings is 3. The molecule has 2 heterocycles. The van der Waals surface area contributed by atoms with Gasteiger partial charge >= 0.3 is 6.09 Å². The van der Waals surface area contributed by atoms with Crippen LogP contribution in [0.2, 0.25) is 5.02 Å². The maximum Gasteiger partial charge on any atom is 0.407 e. The molecule has 12 heteroatoms. The molecule has 2 saturated heterocycles. The highest BCUT2D eigenvalue weighted by atomic mass is 35.5. The second-order valence-corrected chi connectivity index (χ2v) is 13.1. The van der Waals surface area contributed by atoms with E-state index in [2.05, 4.69) is 10.0 Å². The Hall–Kier alpha value is -3.67. The lowest BCUT2D eigenvalue weighted by atomic mass is 9.96. The molecule has 2 N–H and O–H groups in total. The number of fused-ring (bicyclic) bond motifs is 1. The molecular formula is C31H35ClN4O6S. The molecule has 3 amide bonds. The monoisotopic (exact) mass is 626 g/mol. The summed E-state index contributed by atoms with van der Waals surface area (Å²) in [4.78, 5) is 41.6. The van der Waals surface area contributed by atoms with Gasteiger partial charge in [0.1, 0.15) is 12.6 Å². The maximum absolute atomic E-state index is 13.2. The van der Waals surface area contributed by atoms with Crippen LogP contribution in [0.1, 0.15) is 31.2 Å². The van der Waals surface area contributed by atoms with Gasteiger partial charge in [0.2, 0.25) is 21.8 Å². The Kier molecular flexibility index (Phi) is 9.84. The van der Waals surface area contributed by atoms with Gasteiger partial charge in [0.15, 0.2) is 0 Å². The minimum absolute atomic E-state index is 0.0603. The van der Waals surface area contributed by atoms with Gasteiger partial charge in [-0.15, -0.1) is 0 Å². The van der Waals surface area contributed by atoms with Crippen molar-refractivity contribution >= 4 is 50.3 Å². The number of carbonyl (C=O) groups is 3. The molecule has 43 heavy (non-hydrogen) atoms. The second-order valence-electron chi connectivity index (χ2n) is 11.0. The van der Waals surface area contributed by atoms with Gasteiger partial charge in [-0.2, -0.15) is 4.72 Å². The second kappa shape index (κ2) is 13.7. The highest BCUT2D eigenvalue weighted by molar-refractivity contribution is 7.89. The number of halogens is 1. The van der Waals surface area contributed by atoms with Crippen LogP contribution in [0.3, 0.4) is 0 Å². The molecule has 2 aliphatic rings. The molecule has 2 aliphatic heterocycles. The van der Waals surface area contributed by atoms with E-state index in [1.54, 1.807) is 35.2 Å². The lowest BCUT2D eigenvalue weighted by Gasteiger charge is -2.36. The first-order valence-corrected chi connectivity index (χ1v) is 16.3. The fourth-order valence-corrected chi connectivity index (χ4v) is 6.91. The number of rotatable bonds is 9. The van der Waals surface area contributed by atoms with Crippen LogP contribution in [0.4, 0.5) is 4.79 Å². The van der Waals surface area contributed by atoms with Crippen molar-refractivity contribution in [3.8, 4) is 0 Å². The molecular weight excluding hydrogens is 592 g/mol. The normalized spacial score (nSPS) is 18.1. The van der Waals surface area contributed by atoms with E-state index in [1.165, 1.54) is 11.0 Å². The summed E-state index contributed by atoms with van der Waals surface area (Å²) in [6, 6.07) is 18.4. The minimum atomic E-state index is -3.97. The zero-order chi connectivity index (χ0) is 30.4. The Labute approximate surface area is 256 Å². The summed E-state index contributed by atoms with van der Waals surface area (Å²) < 4.78 is 34.1. The first-order chi connectivity index (χ1) is 20.7. The van der Waals surface area contributed by atoms with E-state index in [0.29, 0.717) is 44.0 Å². The summed E-state index contributed by atoms with van der Waals surface area (Å²) >= 11 is 6.03. The number of carbonyl (C=O) groups excluding carboxylic acids is 3. The van der Waals surface area contributed by atoms with E-state index < -0.39 is 28.1 Å². The van der Waals surface area contributed by atoms with Crippen LogP contribution < -0.4 is 10.0 Å². The van der Waals surface area contributed by atoms with Crippen LogP contribution in [0.25, 0.3) is 10.8 Å². The lowest BCUT2D eigenvalue weighted by molar-refractivity contribution is -0.143. The van der Waals surface area contributed by atoms with E-state index >= 15 is 0 Å². The molecule has 10 nitrogen and oxygen atoms in total. The summed E-state index contributed by atoms with van der Waals surface area (Å²) in [7, 11) is -3.97. The molecule has 3 aromatic rings. The molecule has 0 radical (unpaired) electrons. The number of likely N-dealkylation sites (tertiary alicyclic amines) is 2. The van der Waals surface area contributed by atoms with Crippen molar-refractivity contribution in [2.45, 2.75) is 43.2 Å². The third-order valence-corrected chi connectivity index (χ3v) is 9.66. The van der Waals surface area contributed by atoms with Gasteiger partial charge in [0.05, 0.1) is 11.4 Å². The Balaban J connectivity index is 1.07. The Morgan fingerprint density at radius 2 is 1.65 bits per heavy atom. The standard InChI is InChI=1S/C31H35ClN4O6S/c32-26-10-8-25-18-27(11-9-24(25)17-26)43(40,41)34-28-7-4-14-36(30(28)38)20-29(37)35-15-12-22(13-16-35)19-33-31(39)42-21-23-5-2-1-3-6-23/h1-3,5-6,8-11,17-18,22,28,34H,4,7,12-16,19-21H2,(H,33,39). The fraction of sp³-hybridized carbons (Fsp3) is 0.387. The van der Waals surface area contributed by atoms with Crippen LogP contribution in [-0.2, 0) is 31.0 Å². The molecule has 0 saturated carbocycles. The van der Waals surface area contributed by atoms with Gasteiger partial charge in [-0.25, -0.2) is 13.2 Å². The molecule has 228 valence electrons. The summed E-state index contributed by atoms with van der Waals surface area (Å²) in [5.41, 5.74) is 0.913. The van der Waals surface area contributed by atoms with Crippen molar-refractivity contribution in [3.63, 3.8) is 0 Å². The molecule has 1 unspecified atom stereocenters. The number of alkyl carbamates (subject to hydrolysis) is 1. The van der Waals surface area contributed by atoms with E-state index in [9.17, 15) is 22.8 Å². The average Bonchev–Trinajstić information content (AvgIpc) is 3.01. The van der Waals surface area contributed by atoms with Crippen LogP contribution in [0.15, 0.2) is 71.6 Å². The zero-order valence-electron chi connectivity index (χ0n) is 23.7. The molecule has 2 fully saturated rings. The average molecular weight is 627 g/mol. The number of hydrogen-bond donors (Lipinski definition) is 2. The van der Waals surface area contributed by atoms with Crippen LogP contribution in [-0.4, -0.2) is 74.9 Å². The van der Waals surface area contributed by atoms with Crippen LogP contribution in [0, 0.1) is 5.92 Å². The number of sulfonamides is 1. The van der Waals surface area contributed by atoms with Crippen molar-refractivity contribution in [1.82, 2.24) is 19.8 Å². The van der Waals surface area contributed by atoms with Gasteiger partial charge in [0, 0.05) is 31.2 Å². The number of hydrogen-bond acceptors (Lipinski definition) is 6. The molecule has 0 aromatic heterocycles. The van der Waals surface area contributed by atoms with Crippen molar-refractivity contribution in [1.29, 1.82) is 0 Å². The quantitative estimate of drug-likeness (QED) is 0.371. The fourth-order valence-electron chi connectivity index (χ4n) is 5.48. The van der Waals surface area contributed by atoms with Gasteiger partial charge in [-0.1, -0.05) is 54.1 Å². The highest BCUT2D eigenvalue weighted by Gasteiger charge is 2.34. The van der Waals surface area contributed by atoms with Gasteiger partial charge in [-0.3, -0.25) is 9.59 Å². The maximum atomic E-state index is 13.2. The molecule has 5 rings (SSSR count). The predicted molar refractivity (Wildman–Crippen MR) is 163 cm³/mol. The van der Waals surface area contributed by atoms with Crippen molar-refractivity contribution < 1.29 is 27.5 Å². The first-order valence-electron chi connectivity index (χ1n) is 14.4. The van der Waals surface area contributed by atoms with E-state index in [4.69, 9.17) is 16.3 Å².